The van der Waals surface area contributed by atoms with E-state index in [-0.39, 0.29) is 12.1 Å². The first kappa shape index (κ1) is 12.6. The lowest BCUT2D eigenvalue weighted by Crippen LogP contribution is -2.29. The standard InChI is InChI=1S/C10H12F3NO2/c1-14-5-7(10(11,12)13)6-2-3-8(15)9(16)4-6/h2-4,7,14-16H,5H2,1H3. The van der Waals surface area contributed by atoms with Gasteiger partial charge >= 0.3 is 6.18 Å². The van der Waals surface area contributed by atoms with Gasteiger partial charge in [-0.15, -0.1) is 0 Å². The summed E-state index contributed by atoms with van der Waals surface area (Å²) in [5.41, 5.74) is -0.0860. The molecule has 0 aliphatic rings. The monoisotopic (exact) mass is 235 g/mol. The summed E-state index contributed by atoms with van der Waals surface area (Å²) in [4.78, 5) is 0. The number of aromatic hydroxyl groups is 2. The lowest BCUT2D eigenvalue weighted by atomic mass is 9.98. The van der Waals surface area contributed by atoms with E-state index in [1.807, 2.05) is 0 Å². The van der Waals surface area contributed by atoms with Gasteiger partial charge in [0.25, 0.3) is 0 Å². The van der Waals surface area contributed by atoms with Crippen molar-refractivity contribution < 1.29 is 23.4 Å². The van der Waals surface area contributed by atoms with E-state index in [2.05, 4.69) is 5.32 Å². The molecule has 0 fully saturated rings. The topological polar surface area (TPSA) is 52.5 Å². The molecule has 0 spiro atoms. The molecule has 6 heteroatoms. The Morgan fingerprint density at radius 2 is 1.88 bits per heavy atom. The van der Waals surface area contributed by atoms with Crippen molar-refractivity contribution in [2.24, 2.45) is 0 Å². The third-order valence-electron chi connectivity index (χ3n) is 2.21. The normalized spacial score (nSPS) is 13.8. The minimum absolute atomic E-state index is 0.0860. The van der Waals surface area contributed by atoms with Crippen molar-refractivity contribution in [1.29, 1.82) is 0 Å². The highest BCUT2D eigenvalue weighted by Crippen LogP contribution is 2.37. The number of likely N-dealkylation sites (N-methyl/N-ethyl adjacent to an activating group) is 1. The van der Waals surface area contributed by atoms with Gasteiger partial charge < -0.3 is 15.5 Å². The van der Waals surface area contributed by atoms with E-state index in [0.29, 0.717) is 0 Å². The van der Waals surface area contributed by atoms with Crippen LogP contribution < -0.4 is 5.32 Å². The first-order chi connectivity index (χ1) is 7.36. The molecule has 1 unspecified atom stereocenters. The van der Waals surface area contributed by atoms with Gasteiger partial charge in [0, 0.05) is 6.54 Å². The number of hydrogen-bond donors (Lipinski definition) is 3. The fraction of sp³-hybridized carbons (Fsp3) is 0.400. The van der Waals surface area contributed by atoms with Crippen LogP contribution in [0.2, 0.25) is 0 Å². The molecule has 3 N–H and O–H groups in total. The molecule has 0 saturated heterocycles. The van der Waals surface area contributed by atoms with Crippen LogP contribution in [-0.4, -0.2) is 30.0 Å². The first-order valence-electron chi connectivity index (χ1n) is 4.59. The summed E-state index contributed by atoms with van der Waals surface area (Å²) in [6.45, 7) is -0.284. The molecule has 1 rings (SSSR count). The second-order valence-corrected chi connectivity index (χ2v) is 3.40. The number of rotatable bonds is 3. The van der Waals surface area contributed by atoms with E-state index in [9.17, 15) is 13.2 Å². The zero-order chi connectivity index (χ0) is 12.3. The van der Waals surface area contributed by atoms with Gasteiger partial charge in [0.15, 0.2) is 11.5 Å². The maximum absolute atomic E-state index is 12.6. The minimum atomic E-state index is -4.40. The molecule has 0 radical (unpaired) electrons. The molecule has 0 heterocycles. The molecule has 1 aromatic rings. The number of alkyl halides is 3. The van der Waals surface area contributed by atoms with E-state index in [1.54, 1.807) is 0 Å². The predicted octanol–water partition coefficient (Wildman–Crippen LogP) is 1.96. The lowest BCUT2D eigenvalue weighted by molar-refractivity contribution is -0.149. The summed E-state index contributed by atoms with van der Waals surface area (Å²) in [7, 11) is 1.42. The van der Waals surface area contributed by atoms with Crippen LogP contribution in [-0.2, 0) is 0 Å². The zero-order valence-electron chi connectivity index (χ0n) is 8.54. The van der Waals surface area contributed by atoms with Crippen LogP contribution >= 0.6 is 0 Å². The molecular weight excluding hydrogens is 223 g/mol. The fourth-order valence-electron chi connectivity index (χ4n) is 1.38. The quantitative estimate of drug-likeness (QED) is 0.702. The molecule has 0 aromatic heterocycles. The third-order valence-corrected chi connectivity index (χ3v) is 2.21. The molecule has 0 aliphatic carbocycles. The lowest BCUT2D eigenvalue weighted by Gasteiger charge is -2.20. The van der Waals surface area contributed by atoms with Gasteiger partial charge in [-0.1, -0.05) is 6.07 Å². The molecular formula is C10H12F3NO2. The van der Waals surface area contributed by atoms with Gasteiger partial charge in [-0.05, 0) is 24.7 Å². The average molecular weight is 235 g/mol. The second-order valence-electron chi connectivity index (χ2n) is 3.40. The molecule has 0 aliphatic heterocycles. The van der Waals surface area contributed by atoms with Crippen molar-refractivity contribution in [2.75, 3.05) is 13.6 Å². The van der Waals surface area contributed by atoms with Crippen molar-refractivity contribution in [1.82, 2.24) is 5.32 Å². The van der Waals surface area contributed by atoms with Gasteiger partial charge in [0.05, 0.1) is 5.92 Å². The Kier molecular flexibility index (Phi) is 3.64. The molecule has 1 aromatic carbocycles. The minimum Gasteiger partial charge on any atom is -0.504 e. The molecule has 16 heavy (non-hydrogen) atoms. The SMILES string of the molecule is CNCC(c1ccc(O)c(O)c1)C(F)(F)F. The molecule has 0 bridgehead atoms. The average Bonchev–Trinajstić information content (AvgIpc) is 2.17. The van der Waals surface area contributed by atoms with Gasteiger partial charge in [-0.2, -0.15) is 13.2 Å². The predicted molar refractivity (Wildman–Crippen MR) is 52.5 cm³/mol. The highest BCUT2D eigenvalue weighted by molar-refractivity contribution is 5.42. The van der Waals surface area contributed by atoms with Crippen LogP contribution in [0.3, 0.4) is 0 Å². The van der Waals surface area contributed by atoms with Crippen molar-refractivity contribution in [2.45, 2.75) is 12.1 Å². The summed E-state index contributed by atoms with van der Waals surface area (Å²) >= 11 is 0. The number of phenols is 2. The van der Waals surface area contributed by atoms with Crippen LogP contribution in [0, 0.1) is 0 Å². The van der Waals surface area contributed by atoms with E-state index < -0.39 is 23.6 Å². The van der Waals surface area contributed by atoms with Crippen molar-refractivity contribution in [3.63, 3.8) is 0 Å². The molecule has 90 valence electrons. The summed E-state index contributed by atoms with van der Waals surface area (Å²) in [6, 6.07) is 3.11. The Morgan fingerprint density at radius 1 is 1.25 bits per heavy atom. The maximum atomic E-state index is 12.6. The molecule has 0 saturated carbocycles. The summed E-state index contributed by atoms with van der Waals surface area (Å²) in [5.74, 6) is -2.69. The van der Waals surface area contributed by atoms with E-state index in [1.165, 1.54) is 7.05 Å². The number of benzene rings is 1. The summed E-state index contributed by atoms with van der Waals surface area (Å²) in [5, 5.41) is 20.6. The van der Waals surface area contributed by atoms with Crippen molar-refractivity contribution in [3.05, 3.63) is 23.8 Å². The highest BCUT2D eigenvalue weighted by atomic mass is 19.4. The van der Waals surface area contributed by atoms with Gasteiger partial charge in [-0.25, -0.2) is 0 Å². The Balaban J connectivity index is 3.06. The smallest absolute Gasteiger partial charge is 0.396 e. The molecule has 1 atom stereocenters. The first-order valence-corrected chi connectivity index (χ1v) is 4.59. The molecule has 3 nitrogen and oxygen atoms in total. The third kappa shape index (κ3) is 2.79. The number of nitrogens with one attached hydrogen (secondary N) is 1. The number of hydrogen-bond acceptors (Lipinski definition) is 3. The highest BCUT2D eigenvalue weighted by Gasteiger charge is 2.40. The Bertz CT molecular complexity index is 366. The van der Waals surface area contributed by atoms with Crippen LogP contribution in [0.5, 0.6) is 11.5 Å². The van der Waals surface area contributed by atoms with E-state index in [0.717, 1.165) is 18.2 Å². The van der Waals surface area contributed by atoms with Gasteiger partial charge in [0.2, 0.25) is 0 Å². The van der Waals surface area contributed by atoms with Crippen LogP contribution in [0.1, 0.15) is 11.5 Å². The fourth-order valence-corrected chi connectivity index (χ4v) is 1.38. The molecule has 0 amide bonds. The zero-order valence-corrected chi connectivity index (χ0v) is 8.54. The van der Waals surface area contributed by atoms with E-state index >= 15 is 0 Å². The van der Waals surface area contributed by atoms with Gasteiger partial charge in [-0.3, -0.25) is 0 Å². The van der Waals surface area contributed by atoms with Crippen LogP contribution in [0.15, 0.2) is 18.2 Å². The Labute approximate surface area is 90.5 Å². The number of halogens is 3. The Hall–Kier alpha value is -1.43. The number of phenolic OH excluding ortho intramolecular Hbond substituents is 2. The summed E-state index contributed by atoms with van der Waals surface area (Å²) < 4.78 is 37.9. The second kappa shape index (κ2) is 4.61. The van der Waals surface area contributed by atoms with Crippen LogP contribution in [0.4, 0.5) is 13.2 Å². The van der Waals surface area contributed by atoms with Crippen molar-refractivity contribution >= 4 is 0 Å². The largest absolute Gasteiger partial charge is 0.504 e. The van der Waals surface area contributed by atoms with Gasteiger partial charge in [0.1, 0.15) is 0 Å². The van der Waals surface area contributed by atoms with Crippen molar-refractivity contribution in [3.8, 4) is 11.5 Å². The Morgan fingerprint density at radius 3 is 2.31 bits per heavy atom. The van der Waals surface area contributed by atoms with Crippen LogP contribution in [0.25, 0.3) is 0 Å². The maximum Gasteiger partial charge on any atom is 0.396 e. The summed E-state index contributed by atoms with van der Waals surface area (Å²) in [6.07, 6.45) is -4.40. The van der Waals surface area contributed by atoms with E-state index in [4.69, 9.17) is 10.2 Å².